The summed E-state index contributed by atoms with van der Waals surface area (Å²) >= 11 is 0. The van der Waals surface area contributed by atoms with Crippen molar-refractivity contribution >= 4 is 0 Å². The van der Waals surface area contributed by atoms with E-state index in [1.165, 1.54) is 0 Å². The van der Waals surface area contributed by atoms with Gasteiger partial charge in [-0.05, 0) is 45.9 Å². The van der Waals surface area contributed by atoms with Crippen LogP contribution in [0.2, 0.25) is 0 Å². The molecular weight excluding hydrogens is 268 g/mol. The van der Waals surface area contributed by atoms with Crippen LogP contribution < -0.4 is 15.0 Å². The molecular formula is C16H20N2O3. The lowest BCUT2D eigenvalue weighted by Crippen LogP contribution is -2.14. The molecule has 2 rings (SSSR count). The van der Waals surface area contributed by atoms with E-state index in [-0.39, 0.29) is 5.56 Å². The molecule has 1 aromatic heterocycles. The Balaban J connectivity index is 2.55. The minimum absolute atomic E-state index is 0.121. The Kier molecular flexibility index (Phi) is 4.62. The molecule has 1 N–H and O–H groups in total. The fourth-order valence-corrected chi connectivity index (χ4v) is 2.12. The van der Waals surface area contributed by atoms with Crippen molar-refractivity contribution in [3.05, 3.63) is 39.9 Å². The van der Waals surface area contributed by atoms with E-state index in [0.29, 0.717) is 41.8 Å². The van der Waals surface area contributed by atoms with Crippen LogP contribution in [0, 0.1) is 13.8 Å². The van der Waals surface area contributed by atoms with Crippen molar-refractivity contribution in [2.45, 2.75) is 27.7 Å². The average molecular weight is 288 g/mol. The van der Waals surface area contributed by atoms with E-state index in [4.69, 9.17) is 9.47 Å². The number of aromatic amines is 1. The highest BCUT2D eigenvalue weighted by atomic mass is 16.5. The maximum Gasteiger partial charge on any atom is 0.254 e. The van der Waals surface area contributed by atoms with Gasteiger partial charge in [-0.2, -0.15) is 0 Å². The van der Waals surface area contributed by atoms with Crippen LogP contribution in [-0.2, 0) is 0 Å². The first-order chi connectivity index (χ1) is 10.1. The van der Waals surface area contributed by atoms with Gasteiger partial charge in [0.25, 0.3) is 5.56 Å². The van der Waals surface area contributed by atoms with E-state index < -0.39 is 0 Å². The van der Waals surface area contributed by atoms with Gasteiger partial charge < -0.3 is 14.5 Å². The molecule has 0 aliphatic rings. The molecule has 0 radical (unpaired) electrons. The van der Waals surface area contributed by atoms with E-state index in [1.807, 2.05) is 32.0 Å². The lowest BCUT2D eigenvalue weighted by molar-refractivity contribution is 0.288. The predicted molar refractivity (Wildman–Crippen MR) is 82.1 cm³/mol. The van der Waals surface area contributed by atoms with Crippen molar-refractivity contribution in [1.29, 1.82) is 0 Å². The largest absolute Gasteiger partial charge is 0.490 e. The van der Waals surface area contributed by atoms with Crippen LogP contribution in [0.1, 0.15) is 25.2 Å². The Labute approximate surface area is 124 Å². The number of benzene rings is 1. The van der Waals surface area contributed by atoms with Crippen LogP contribution >= 0.6 is 0 Å². The SMILES string of the molecule is CCOc1ccc(-c2nc(C)[nH]c(=O)c2C)cc1OCC. The van der Waals surface area contributed by atoms with Gasteiger partial charge in [-0.25, -0.2) is 4.98 Å². The molecule has 0 saturated heterocycles. The number of ether oxygens (including phenoxy) is 2. The normalized spacial score (nSPS) is 10.5. The molecule has 0 bridgehead atoms. The third-order valence-corrected chi connectivity index (χ3v) is 3.09. The van der Waals surface area contributed by atoms with Gasteiger partial charge in [-0.3, -0.25) is 4.79 Å². The zero-order chi connectivity index (χ0) is 15.4. The smallest absolute Gasteiger partial charge is 0.254 e. The van der Waals surface area contributed by atoms with Crippen LogP contribution in [0.3, 0.4) is 0 Å². The Morgan fingerprint density at radius 2 is 1.76 bits per heavy atom. The number of H-pyrrole nitrogens is 1. The highest BCUT2D eigenvalue weighted by Gasteiger charge is 2.12. The summed E-state index contributed by atoms with van der Waals surface area (Å²) < 4.78 is 11.2. The molecule has 0 amide bonds. The van der Waals surface area contributed by atoms with E-state index >= 15 is 0 Å². The molecule has 0 saturated carbocycles. The molecule has 0 atom stereocenters. The maximum atomic E-state index is 11.9. The molecule has 1 heterocycles. The lowest BCUT2D eigenvalue weighted by atomic mass is 10.1. The summed E-state index contributed by atoms with van der Waals surface area (Å²) in [4.78, 5) is 19.0. The average Bonchev–Trinajstić information content (AvgIpc) is 2.45. The number of rotatable bonds is 5. The van der Waals surface area contributed by atoms with Gasteiger partial charge in [-0.15, -0.1) is 0 Å². The molecule has 21 heavy (non-hydrogen) atoms. The van der Waals surface area contributed by atoms with Gasteiger partial charge in [0.15, 0.2) is 11.5 Å². The quantitative estimate of drug-likeness (QED) is 0.919. The third kappa shape index (κ3) is 3.24. The maximum absolute atomic E-state index is 11.9. The second-order valence-electron chi connectivity index (χ2n) is 4.65. The van der Waals surface area contributed by atoms with Crippen molar-refractivity contribution in [1.82, 2.24) is 9.97 Å². The van der Waals surface area contributed by atoms with Crippen molar-refractivity contribution < 1.29 is 9.47 Å². The van der Waals surface area contributed by atoms with Crippen LogP contribution in [0.25, 0.3) is 11.3 Å². The van der Waals surface area contributed by atoms with Crippen molar-refractivity contribution in [2.24, 2.45) is 0 Å². The predicted octanol–water partition coefficient (Wildman–Crippen LogP) is 2.85. The standard InChI is InChI=1S/C16H20N2O3/c1-5-20-13-8-7-12(9-14(13)21-6-2)15-10(3)16(19)18-11(4)17-15/h7-9H,5-6H2,1-4H3,(H,17,18,19). The summed E-state index contributed by atoms with van der Waals surface area (Å²) in [5.41, 5.74) is 1.98. The number of nitrogens with one attached hydrogen (secondary N) is 1. The Morgan fingerprint density at radius 3 is 2.43 bits per heavy atom. The fraction of sp³-hybridized carbons (Fsp3) is 0.375. The van der Waals surface area contributed by atoms with Crippen molar-refractivity contribution in [3.8, 4) is 22.8 Å². The first-order valence-electron chi connectivity index (χ1n) is 7.04. The minimum Gasteiger partial charge on any atom is -0.490 e. The first kappa shape index (κ1) is 15.1. The summed E-state index contributed by atoms with van der Waals surface area (Å²) in [6.07, 6.45) is 0. The van der Waals surface area contributed by atoms with E-state index in [1.54, 1.807) is 13.8 Å². The number of hydrogen-bond acceptors (Lipinski definition) is 4. The molecule has 2 aromatic rings. The zero-order valence-corrected chi connectivity index (χ0v) is 12.8. The van der Waals surface area contributed by atoms with Crippen LogP contribution in [0.5, 0.6) is 11.5 Å². The fourth-order valence-electron chi connectivity index (χ4n) is 2.12. The summed E-state index contributed by atoms with van der Waals surface area (Å²) in [7, 11) is 0. The Bertz CT molecular complexity index is 692. The second-order valence-corrected chi connectivity index (χ2v) is 4.65. The van der Waals surface area contributed by atoms with E-state index in [2.05, 4.69) is 9.97 Å². The molecule has 0 aliphatic carbocycles. The molecule has 0 fully saturated rings. The monoisotopic (exact) mass is 288 g/mol. The van der Waals surface area contributed by atoms with E-state index in [0.717, 1.165) is 5.56 Å². The number of nitrogens with zero attached hydrogens (tertiary/aromatic N) is 1. The van der Waals surface area contributed by atoms with Gasteiger partial charge in [0.05, 0.1) is 18.9 Å². The summed E-state index contributed by atoms with van der Waals surface area (Å²) in [6, 6.07) is 5.60. The second kappa shape index (κ2) is 6.43. The number of aromatic nitrogens is 2. The van der Waals surface area contributed by atoms with Gasteiger partial charge in [0.1, 0.15) is 5.82 Å². The Morgan fingerprint density at radius 1 is 1.10 bits per heavy atom. The molecule has 0 unspecified atom stereocenters. The topological polar surface area (TPSA) is 64.2 Å². The first-order valence-corrected chi connectivity index (χ1v) is 7.04. The van der Waals surface area contributed by atoms with Crippen LogP contribution in [0.15, 0.2) is 23.0 Å². The van der Waals surface area contributed by atoms with Gasteiger partial charge >= 0.3 is 0 Å². The van der Waals surface area contributed by atoms with Crippen molar-refractivity contribution in [2.75, 3.05) is 13.2 Å². The minimum atomic E-state index is -0.121. The molecule has 5 nitrogen and oxygen atoms in total. The highest BCUT2D eigenvalue weighted by Crippen LogP contribution is 2.32. The number of aryl methyl sites for hydroxylation is 1. The van der Waals surface area contributed by atoms with Gasteiger partial charge in [0.2, 0.25) is 0 Å². The van der Waals surface area contributed by atoms with Crippen LogP contribution in [0.4, 0.5) is 0 Å². The lowest BCUT2D eigenvalue weighted by Gasteiger charge is -2.13. The summed E-state index contributed by atoms with van der Waals surface area (Å²) in [5, 5.41) is 0. The van der Waals surface area contributed by atoms with Crippen molar-refractivity contribution in [3.63, 3.8) is 0 Å². The van der Waals surface area contributed by atoms with Crippen LogP contribution in [-0.4, -0.2) is 23.2 Å². The summed E-state index contributed by atoms with van der Waals surface area (Å²) in [6.45, 7) is 8.49. The van der Waals surface area contributed by atoms with E-state index in [9.17, 15) is 4.79 Å². The molecule has 112 valence electrons. The zero-order valence-electron chi connectivity index (χ0n) is 12.8. The van der Waals surface area contributed by atoms with Gasteiger partial charge in [-0.1, -0.05) is 0 Å². The highest BCUT2D eigenvalue weighted by molar-refractivity contribution is 5.66. The Hall–Kier alpha value is -2.30. The molecule has 1 aromatic carbocycles. The third-order valence-electron chi connectivity index (χ3n) is 3.09. The van der Waals surface area contributed by atoms with Gasteiger partial charge in [0, 0.05) is 11.1 Å². The number of hydrogen-bond donors (Lipinski definition) is 1. The molecule has 5 heteroatoms. The summed E-state index contributed by atoms with van der Waals surface area (Å²) in [5.74, 6) is 1.95. The molecule has 0 aliphatic heterocycles. The molecule has 0 spiro atoms.